The molecule has 0 amide bonds. The molecule has 13 heavy (non-hydrogen) atoms. The Morgan fingerprint density at radius 3 is 2.69 bits per heavy atom. The van der Waals surface area contributed by atoms with Crippen LogP contribution in [0.4, 0.5) is 0 Å². The summed E-state index contributed by atoms with van der Waals surface area (Å²) in [4.78, 5) is 3.97. The van der Waals surface area contributed by atoms with Crippen molar-refractivity contribution in [2.75, 3.05) is 0 Å². The van der Waals surface area contributed by atoms with E-state index in [0.717, 1.165) is 17.2 Å². The Hall–Kier alpha value is -1.22. The van der Waals surface area contributed by atoms with Crippen molar-refractivity contribution < 1.29 is 4.42 Å². The molecule has 4 heteroatoms. The van der Waals surface area contributed by atoms with Crippen LogP contribution in [0.25, 0.3) is 11.5 Å². The molecule has 0 N–H and O–H groups in total. The zero-order chi connectivity index (χ0) is 9.42. The average Bonchev–Trinajstić information content (AvgIpc) is 2.62. The maximum atomic E-state index is 5.80. The minimum absolute atomic E-state index is 0.462. The van der Waals surface area contributed by atoms with Crippen molar-refractivity contribution in [3.05, 3.63) is 29.4 Å². The Kier molecular flexibility index (Phi) is 1.88. The summed E-state index contributed by atoms with van der Waals surface area (Å²) in [5.41, 5.74) is 0.887. The predicted molar refractivity (Wildman–Crippen MR) is 50.7 cm³/mol. The first-order valence-corrected chi connectivity index (χ1v) is 4.30. The Balaban J connectivity index is 2.52. The summed E-state index contributed by atoms with van der Waals surface area (Å²) >= 11 is 5.80. The third-order valence-electron chi connectivity index (χ3n) is 1.92. The predicted octanol–water partition coefficient (Wildman–Crippen LogP) is 2.64. The van der Waals surface area contributed by atoms with Gasteiger partial charge in [0, 0.05) is 7.05 Å². The van der Waals surface area contributed by atoms with Crippen molar-refractivity contribution in [1.29, 1.82) is 0 Å². The minimum atomic E-state index is 0.462. The first kappa shape index (κ1) is 8.38. The van der Waals surface area contributed by atoms with E-state index >= 15 is 0 Å². The Labute approximate surface area is 81.0 Å². The summed E-state index contributed by atoms with van der Waals surface area (Å²) in [6.07, 6.45) is 1.70. The van der Waals surface area contributed by atoms with E-state index in [1.54, 1.807) is 10.8 Å². The molecule has 3 nitrogen and oxygen atoms in total. The van der Waals surface area contributed by atoms with Crippen LogP contribution in [-0.4, -0.2) is 9.55 Å². The van der Waals surface area contributed by atoms with Gasteiger partial charge < -0.3 is 8.98 Å². The molecule has 2 rings (SSSR count). The lowest BCUT2D eigenvalue weighted by molar-refractivity contribution is 0.544. The van der Waals surface area contributed by atoms with Gasteiger partial charge in [0.1, 0.15) is 11.5 Å². The monoisotopic (exact) mass is 196 g/mol. The quantitative estimate of drug-likeness (QED) is 0.702. The summed E-state index contributed by atoms with van der Waals surface area (Å²) in [6.45, 7) is 1.90. The van der Waals surface area contributed by atoms with Crippen molar-refractivity contribution in [3.63, 3.8) is 0 Å². The topological polar surface area (TPSA) is 31.0 Å². The number of imidazole rings is 1. The highest BCUT2D eigenvalue weighted by atomic mass is 35.5. The first-order valence-electron chi connectivity index (χ1n) is 3.92. The van der Waals surface area contributed by atoms with E-state index in [9.17, 15) is 0 Å². The summed E-state index contributed by atoms with van der Waals surface area (Å²) in [5.74, 6) is 1.67. The molecule has 0 saturated heterocycles. The Morgan fingerprint density at radius 1 is 1.46 bits per heavy atom. The molecule has 0 aliphatic heterocycles. The second kappa shape index (κ2) is 2.92. The zero-order valence-electron chi connectivity index (χ0n) is 7.41. The van der Waals surface area contributed by atoms with Crippen LogP contribution in [0.3, 0.4) is 0 Å². The highest BCUT2D eigenvalue weighted by molar-refractivity contribution is 6.28. The van der Waals surface area contributed by atoms with Crippen molar-refractivity contribution in [3.8, 4) is 11.5 Å². The zero-order valence-corrected chi connectivity index (χ0v) is 8.17. The number of hydrogen-bond acceptors (Lipinski definition) is 2. The second-order valence-corrected chi connectivity index (χ2v) is 3.22. The van der Waals surface area contributed by atoms with Gasteiger partial charge in [-0.25, -0.2) is 4.98 Å². The van der Waals surface area contributed by atoms with Gasteiger partial charge in [0.15, 0.2) is 5.76 Å². The lowest BCUT2D eigenvalue weighted by Gasteiger charge is -1.97. The molecule has 0 radical (unpaired) electrons. The average molecular weight is 197 g/mol. The molecule has 0 fully saturated rings. The summed E-state index contributed by atoms with van der Waals surface area (Å²) < 4.78 is 7.22. The number of halogens is 1. The largest absolute Gasteiger partial charge is 0.460 e. The van der Waals surface area contributed by atoms with Crippen LogP contribution in [-0.2, 0) is 7.05 Å². The molecule has 0 atom stereocenters. The number of furan rings is 1. The molecule has 0 aromatic carbocycles. The molecular formula is C9H9ClN2O. The molecule has 0 spiro atoms. The SMILES string of the molecule is Cc1ccc(-c2cnc(Cl)n2C)o1. The van der Waals surface area contributed by atoms with Crippen LogP contribution in [0.5, 0.6) is 0 Å². The lowest BCUT2D eigenvalue weighted by Crippen LogP contribution is -1.89. The van der Waals surface area contributed by atoms with Gasteiger partial charge in [-0.2, -0.15) is 0 Å². The normalized spacial score (nSPS) is 10.7. The Bertz CT molecular complexity index is 431. The molecule has 0 saturated carbocycles. The van der Waals surface area contributed by atoms with E-state index in [4.69, 9.17) is 16.0 Å². The second-order valence-electron chi connectivity index (χ2n) is 2.88. The molecular weight excluding hydrogens is 188 g/mol. The highest BCUT2D eigenvalue weighted by Crippen LogP contribution is 2.23. The molecule has 0 aliphatic carbocycles. The fourth-order valence-corrected chi connectivity index (χ4v) is 1.33. The van der Waals surface area contributed by atoms with Gasteiger partial charge in [0.25, 0.3) is 0 Å². The van der Waals surface area contributed by atoms with Gasteiger partial charge in [-0.15, -0.1) is 0 Å². The van der Waals surface area contributed by atoms with Gasteiger partial charge in [0.05, 0.1) is 6.20 Å². The maximum Gasteiger partial charge on any atom is 0.202 e. The number of rotatable bonds is 1. The number of nitrogens with zero attached hydrogens (tertiary/aromatic N) is 2. The van der Waals surface area contributed by atoms with Crippen molar-refractivity contribution in [2.24, 2.45) is 7.05 Å². The van der Waals surface area contributed by atoms with Crippen LogP contribution in [0, 0.1) is 6.92 Å². The van der Waals surface area contributed by atoms with Gasteiger partial charge in [-0.1, -0.05) is 0 Å². The van der Waals surface area contributed by atoms with E-state index in [1.807, 2.05) is 26.1 Å². The number of aryl methyl sites for hydroxylation is 1. The van der Waals surface area contributed by atoms with Crippen LogP contribution < -0.4 is 0 Å². The molecule has 2 aromatic heterocycles. The third kappa shape index (κ3) is 1.35. The molecule has 2 aromatic rings. The van der Waals surface area contributed by atoms with Crippen LogP contribution in [0.1, 0.15) is 5.76 Å². The van der Waals surface area contributed by atoms with Gasteiger partial charge in [-0.05, 0) is 30.7 Å². The third-order valence-corrected chi connectivity index (χ3v) is 2.28. The van der Waals surface area contributed by atoms with Gasteiger partial charge >= 0.3 is 0 Å². The van der Waals surface area contributed by atoms with Crippen molar-refractivity contribution in [1.82, 2.24) is 9.55 Å². The summed E-state index contributed by atoms with van der Waals surface area (Å²) in [5, 5.41) is 0.462. The molecule has 2 heterocycles. The summed E-state index contributed by atoms with van der Waals surface area (Å²) in [6, 6.07) is 3.82. The van der Waals surface area contributed by atoms with Crippen LogP contribution >= 0.6 is 11.6 Å². The van der Waals surface area contributed by atoms with Gasteiger partial charge in [0.2, 0.25) is 5.28 Å². The van der Waals surface area contributed by atoms with E-state index in [0.29, 0.717) is 5.28 Å². The molecule has 0 unspecified atom stereocenters. The smallest absolute Gasteiger partial charge is 0.202 e. The first-order chi connectivity index (χ1) is 6.18. The van der Waals surface area contributed by atoms with Crippen LogP contribution in [0.2, 0.25) is 5.28 Å². The fraction of sp³-hybridized carbons (Fsp3) is 0.222. The highest BCUT2D eigenvalue weighted by Gasteiger charge is 2.09. The number of aromatic nitrogens is 2. The molecule has 0 aliphatic rings. The maximum absolute atomic E-state index is 5.80. The number of hydrogen-bond donors (Lipinski definition) is 0. The van der Waals surface area contributed by atoms with E-state index in [1.165, 1.54) is 0 Å². The van der Waals surface area contributed by atoms with E-state index < -0.39 is 0 Å². The van der Waals surface area contributed by atoms with E-state index in [-0.39, 0.29) is 0 Å². The molecule has 0 bridgehead atoms. The van der Waals surface area contributed by atoms with Crippen LogP contribution in [0.15, 0.2) is 22.7 Å². The minimum Gasteiger partial charge on any atom is -0.460 e. The van der Waals surface area contributed by atoms with E-state index in [2.05, 4.69) is 4.98 Å². The van der Waals surface area contributed by atoms with Crippen molar-refractivity contribution in [2.45, 2.75) is 6.92 Å². The standard InChI is InChI=1S/C9H9ClN2O/c1-6-3-4-8(13-6)7-5-11-9(10)12(7)2/h3-5H,1-2H3. The molecule has 68 valence electrons. The lowest BCUT2D eigenvalue weighted by atomic mass is 10.3. The summed E-state index contributed by atoms with van der Waals surface area (Å²) in [7, 11) is 1.85. The fourth-order valence-electron chi connectivity index (χ4n) is 1.19. The Morgan fingerprint density at radius 2 is 2.23 bits per heavy atom. The van der Waals surface area contributed by atoms with Gasteiger partial charge in [-0.3, -0.25) is 0 Å². The van der Waals surface area contributed by atoms with Crippen molar-refractivity contribution >= 4 is 11.6 Å².